The second-order valence-corrected chi connectivity index (χ2v) is 6.09. The predicted molar refractivity (Wildman–Crippen MR) is 104 cm³/mol. The molecule has 0 radical (unpaired) electrons. The standard InChI is InChI=1S/C19H30N6O/c1-4-18-24-23-15-25(18)12-11-21-19(20-10-7-13-26-3)22-14-17-9-6-5-8-16(17)2/h5-6,8-9,15H,4,7,10-14H2,1-3H3,(H2,20,21,22). The first kappa shape index (κ1) is 19.9. The van der Waals surface area contributed by atoms with Gasteiger partial charge in [-0.1, -0.05) is 31.2 Å². The number of ether oxygens (including phenoxy) is 1. The third kappa shape index (κ3) is 6.48. The number of aryl methyl sites for hydroxylation is 2. The van der Waals surface area contributed by atoms with Crippen molar-refractivity contribution in [2.75, 3.05) is 26.8 Å². The van der Waals surface area contributed by atoms with Crippen LogP contribution in [0.5, 0.6) is 0 Å². The Bertz CT molecular complexity index is 682. The Morgan fingerprint density at radius 2 is 2.04 bits per heavy atom. The van der Waals surface area contributed by atoms with Gasteiger partial charge in [-0.3, -0.25) is 0 Å². The van der Waals surface area contributed by atoms with Crippen LogP contribution < -0.4 is 10.6 Å². The van der Waals surface area contributed by atoms with Crippen molar-refractivity contribution in [2.24, 2.45) is 4.99 Å². The molecule has 1 aromatic carbocycles. The quantitative estimate of drug-likeness (QED) is 0.385. The van der Waals surface area contributed by atoms with Crippen molar-refractivity contribution in [3.63, 3.8) is 0 Å². The molecule has 0 aliphatic carbocycles. The third-order valence-corrected chi connectivity index (χ3v) is 4.14. The fraction of sp³-hybridized carbons (Fsp3) is 0.526. The number of aliphatic imine (C=N–C) groups is 1. The fourth-order valence-electron chi connectivity index (χ4n) is 2.58. The molecule has 1 heterocycles. The summed E-state index contributed by atoms with van der Waals surface area (Å²) in [7, 11) is 1.72. The van der Waals surface area contributed by atoms with Crippen molar-refractivity contribution in [3.8, 4) is 0 Å². The van der Waals surface area contributed by atoms with E-state index in [9.17, 15) is 0 Å². The van der Waals surface area contributed by atoms with Gasteiger partial charge in [-0.05, 0) is 24.5 Å². The zero-order chi connectivity index (χ0) is 18.6. The van der Waals surface area contributed by atoms with E-state index in [-0.39, 0.29) is 0 Å². The van der Waals surface area contributed by atoms with Gasteiger partial charge in [0, 0.05) is 39.8 Å². The van der Waals surface area contributed by atoms with Crippen LogP contribution in [0.25, 0.3) is 0 Å². The normalized spacial score (nSPS) is 11.6. The maximum Gasteiger partial charge on any atom is 0.191 e. The number of hydrogen-bond acceptors (Lipinski definition) is 4. The highest BCUT2D eigenvalue weighted by Crippen LogP contribution is 2.07. The Hall–Kier alpha value is -2.41. The summed E-state index contributed by atoms with van der Waals surface area (Å²) >= 11 is 0. The first-order chi connectivity index (χ1) is 12.7. The molecule has 2 rings (SSSR count). The summed E-state index contributed by atoms with van der Waals surface area (Å²) in [5.41, 5.74) is 2.49. The molecule has 26 heavy (non-hydrogen) atoms. The van der Waals surface area contributed by atoms with Crippen LogP contribution in [0.2, 0.25) is 0 Å². The van der Waals surface area contributed by atoms with Crippen molar-refractivity contribution in [1.29, 1.82) is 0 Å². The number of nitrogens with one attached hydrogen (secondary N) is 2. The highest BCUT2D eigenvalue weighted by Gasteiger charge is 2.03. The maximum atomic E-state index is 5.11. The van der Waals surface area contributed by atoms with Crippen molar-refractivity contribution < 1.29 is 4.74 Å². The molecule has 0 aliphatic rings. The average molecular weight is 358 g/mol. The summed E-state index contributed by atoms with van der Waals surface area (Å²) in [4.78, 5) is 4.73. The van der Waals surface area contributed by atoms with E-state index in [2.05, 4.69) is 63.5 Å². The van der Waals surface area contributed by atoms with Crippen LogP contribution in [0.15, 0.2) is 35.6 Å². The Morgan fingerprint density at radius 3 is 2.81 bits per heavy atom. The molecule has 0 saturated heterocycles. The van der Waals surface area contributed by atoms with E-state index in [0.29, 0.717) is 6.54 Å². The molecule has 0 amide bonds. The van der Waals surface area contributed by atoms with Crippen molar-refractivity contribution >= 4 is 5.96 Å². The summed E-state index contributed by atoms with van der Waals surface area (Å²) in [6.07, 6.45) is 3.59. The summed E-state index contributed by atoms with van der Waals surface area (Å²) in [6, 6.07) is 8.33. The SMILES string of the molecule is CCc1nncn1CCNC(=NCc1ccccc1C)NCCCOC. The monoisotopic (exact) mass is 358 g/mol. The molecule has 0 unspecified atom stereocenters. The van der Waals surface area contributed by atoms with Gasteiger partial charge in [0.25, 0.3) is 0 Å². The van der Waals surface area contributed by atoms with E-state index in [0.717, 1.165) is 50.9 Å². The van der Waals surface area contributed by atoms with Crippen LogP contribution in [-0.2, 0) is 24.2 Å². The van der Waals surface area contributed by atoms with Crippen molar-refractivity contribution in [2.45, 2.75) is 39.8 Å². The minimum atomic E-state index is 0.652. The lowest BCUT2D eigenvalue weighted by atomic mass is 10.1. The van der Waals surface area contributed by atoms with Crippen LogP contribution in [0.4, 0.5) is 0 Å². The van der Waals surface area contributed by atoms with Gasteiger partial charge in [0.05, 0.1) is 6.54 Å². The number of aromatic nitrogens is 3. The Labute approximate surface area is 155 Å². The van der Waals surface area contributed by atoms with Gasteiger partial charge in [-0.2, -0.15) is 0 Å². The van der Waals surface area contributed by atoms with E-state index < -0.39 is 0 Å². The molecule has 0 spiro atoms. The van der Waals surface area contributed by atoms with Gasteiger partial charge in [0.1, 0.15) is 12.2 Å². The molecular formula is C19H30N6O. The van der Waals surface area contributed by atoms with Crippen LogP contribution in [-0.4, -0.2) is 47.5 Å². The van der Waals surface area contributed by atoms with Gasteiger partial charge >= 0.3 is 0 Å². The molecule has 0 aliphatic heterocycles. The van der Waals surface area contributed by atoms with E-state index >= 15 is 0 Å². The Balaban J connectivity index is 1.91. The molecule has 0 bridgehead atoms. The highest BCUT2D eigenvalue weighted by atomic mass is 16.5. The van der Waals surface area contributed by atoms with Crippen molar-refractivity contribution in [3.05, 3.63) is 47.5 Å². The molecule has 0 saturated carbocycles. The lowest BCUT2D eigenvalue weighted by Gasteiger charge is -2.14. The molecule has 2 N–H and O–H groups in total. The number of guanidine groups is 1. The summed E-state index contributed by atoms with van der Waals surface area (Å²) in [5, 5.41) is 14.9. The molecule has 7 heteroatoms. The van der Waals surface area contributed by atoms with Gasteiger partial charge in [-0.15, -0.1) is 10.2 Å². The highest BCUT2D eigenvalue weighted by molar-refractivity contribution is 5.79. The first-order valence-electron chi connectivity index (χ1n) is 9.17. The fourth-order valence-corrected chi connectivity index (χ4v) is 2.58. The molecule has 0 atom stereocenters. The molecule has 1 aromatic heterocycles. The number of nitrogens with zero attached hydrogens (tertiary/aromatic N) is 4. The van der Waals surface area contributed by atoms with Crippen LogP contribution in [0.3, 0.4) is 0 Å². The average Bonchev–Trinajstić information content (AvgIpc) is 3.11. The van der Waals surface area contributed by atoms with Gasteiger partial charge in [-0.25, -0.2) is 4.99 Å². The maximum absolute atomic E-state index is 5.11. The number of hydrogen-bond donors (Lipinski definition) is 2. The second kappa shape index (κ2) is 11.3. The van der Waals surface area contributed by atoms with E-state index in [1.807, 2.05) is 0 Å². The third-order valence-electron chi connectivity index (χ3n) is 4.14. The molecular weight excluding hydrogens is 328 g/mol. The predicted octanol–water partition coefficient (Wildman–Crippen LogP) is 1.92. The first-order valence-corrected chi connectivity index (χ1v) is 9.17. The number of benzene rings is 1. The van der Waals surface area contributed by atoms with E-state index in [4.69, 9.17) is 9.73 Å². The Morgan fingerprint density at radius 1 is 1.23 bits per heavy atom. The van der Waals surface area contributed by atoms with Crippen LogP contribution >= 0.6 is 0 Å². The van der Waals surface area contributed by atoms with Gasteiger partial charge in [0.15, 0.2) is 5.96 Å². The largest absolute Gasteiger partial charge is 0.385 e. The van der Waals surface area contributed by atoms with Gasteiger partial charge < -0.3 is 19.9 Å². The molecule has 0 fully saturated rings. The molecule has 2 aromatic rings. The molecule has 7 nitrogen and oxygen atoms in total. The number of methoxy groups -OCH3 is 1. The van der Waals surface area contributed by atoms with E-state index in [1.54, 1.807) is 13.4 Å². The van der Waals surface area contributed by atoms with Crippen molar-refractivity contribution in [1.82, 2.24) is 25.4 Å². The van der Waals surface area contributed by atoms with Crippen LogP contribution in [0.1, 0.15) is 30.3 Å². The summed E-state index contributed by atoms with van der Waals surface area (Å²) < 4.78 is 7.17. The molecule has 142 valence electrons. The zero-order valence-electron chi connectivity index (χ0n) is 16.0. The summed E-state index contributed by atoms with van der Waals surface area (Å²) in [5.74, 6) is 1.81. The Kier molecular flexibility index (Phi) is 8.62. The minimum absolute atomic E-state index is 0.652. The van der Waals surface area contributed by atoms with E-state index in [1.165, 1.54) is 11.1 Å². The van der Waals surface area contributed by atoms with Crippen LogP contribution in [0, 0.1) is 6.92 Å². The lowest BCUT2D eigenvalue weighted by Crippen LogP contribution is -2.39. The lowest BCUT2D eigenvalue weighted by molar-refractivity contribution is 0.195. The second-order valence-electron chi connectivity index (χ2n) is 6.09. The van der Waals surface area contributed by atoms with Gasteiger partial charge in [0.2, 0.25) is 0 Å². The summed E-state index contributed by atoms with van der Waals surface area (Å²) in [6.45, 7) is 7.97. The smallest absolute Gasteiger partial charge is 0.191 e. The minimum Gasteiger partial charge on any atom is -0.385 e. The zero-order valence-corrected chi connectivity index (χ0v) is 16.0. The topological polar surface area (TPSA) is 76.4 Å². The number of rotatable bonds is 10.